The lowest BCUT2D eigenvalue weighted by Crippen LogP contribution is -2.30. The van der Waals surface area contributed by atoms with Gasteiger partial charge < -0.3 is 4.74 Å². The molecule has 4 nitrogen and oxygen atoms in total. The molecule has 0 saturated heterocycles. The minimum Gasteiger partial charge on any atom is -0.496 e. The quantitative estimate of drug-likeness (QED) is 0.585. The molecule has 0 bridgehead atoms. The number of rotatable bonds is 3. The zero-order valence-corrected chi connectivity index (χ0v) is 8.59. The van der Waals surface area contributed by atoms with Gasteiger partial charge in [-0.25, -0.2) is 5.43 Å². The van der Waals surface area contributed by atoms with Crippen LogP contribution >= 0.6 is 11.3 Å². The molecule has 1 atom stereocenters. The molecule has 1 aliphatic heterocycles. The number of hydrogen-bond acceptors (Lipinski definition) is 5. The molecule has 0 radical (unpaired) electrons. The number of thiazole rings is 1. The molecule has 2 heterocycles. The summed E-state index contributed by atoms with van der Waals surface area (Å²) in [5, 5.41) is 0. The van der Waals surface area contributed by atoms with E-state index in [0.717, 1.165) is 30.1 Å². The Morgan fingerprint density at radius 2 is 2.57 bits per heavy atom. The van der Waals surface area contributed by atoms with Crippen molar-refractivity contribution in [1.82, 2.24) is 10.4 Å². The van der Waals surface area contributed by atoms with Crippen molar-refractivity contribution in [1.29, 1.82) is 0 Å². The third-order valence-corrected chi connectivity index (χ3v) is 2.99. The molecule has 1 aromatic heterocycles. The Morgan fingerprint density at radius 1 is 1.64 bits per heavy atom. The van der Waals surface area contributed by atoms with Crippen LogP contribution in [0.15, 0.2) is 23.5 Å². The van der Waals surface area contributed by atoms with Crippen molar-refractivity contribution >= 4 is 11.3 Å². The predicted octanol–water partition coefficient (Wildman–Crippen LogP) is 1.34. The van der Waals surface area contributed by atoms with Crippen LogP contribution in [0.2, 0.25) is 0 Å². The Balaban J connectivity index is 2.16. The molecule has 76 valence electrons. The van der Waals surface area contributed by atoms with Crippen LogP contribution in [-0.2, 0) is 4.74 Å². The van der Waals surface area contributed by atoms with Crippen LogP contribution in [0, 0.1) is 0 Å². The molecule has 0 fully saturated rings. The maximum atomic E-state index is 5.55. The molecule has 0 spiro atoms. The first-order valence-electron chi connectivity index (χ1n) is 4.59. The third-order valence-electron chi connectivity index (χ3n) is 2.15. The van der Waals surface area contributed by atoms with Gasteiger partial charge in [0, 0.05) is 6.20 Å². The summed E-state index contributed by atoms with van der Waals surface area (Å²) < 4.78 is 5.55. The molecule has 2 rings (SSSR count). The first kappa shape index (κ1) is 9.64. The molecular formula is C9H13N3OS. The lowest BCUT2D eigenvalue weighted by atomic mass is 10.1. The van der Waals surface area contributed by atoms with Gasteiger partial charge in [0.2, 0.25) is 0 Å². The van der Waals surface area contributed by atoms with Gasteiger partial charge in [0.1, 0.15) is 11.8 Å². The Morgan fingerprint density at radius 3 is 3.14 bits per heavy atom. The van der Waals surface area contributed by atoms with Crippen molar-refractivity contribution in [3.63, 3.8) is 0 Å². The van der Waals surface area contributed by atoms with Gasteiger partial charge in [-0.05, 0) is 18.9 Å². The second kappa shape index (κ2) is 4.54. The molecule has 0 saturated carbocycles. The normalized spacial score (nSPS) is 18.5. The highest BCUT2D eigenvalue weighted by atomic mass is 32.1. The van der Waals surface area contributed by atoms with Gasteiger partial charge in [0.25, 0.3) is 0 Å². The zero-order chi connectivity index (χ0) is 9.80. The van der Waals surface area contributed by atoms with Crippen LogP contribution in [0.3, 0.4) is 0 Å². The number of allylic oxidation sites excluding steroid dienone is 1. The summed E-state index contributed by atoms with van der Waals surface area (Å²) in [4.78, 5) is 5.11. The van der Waals surface area contributed by atoms with Crippen LogP contribution in [-0.4, -0.2) is 11.6 Å². The summed E-state index contributed by atoms with van der Waals surface area (Å²) in [5.74, 6) is 6.42. The highest BCUT2D eigenvalue weighted by Crippen LogP contribution is 2.27. The first-order chi connectivity index (χ1) is 6.92. The first-order valence-corrected chi connectivity index (χ1v) is 5.47. The van der Waals surface area contributed by atoms with E-state index in [1.807, 2.05) is 6.20 Å². The van der Waals surface area contributed by atoms with Crippen LogP contribution in [0.5, 0.6) is 0 Å². The van der Waals surface area contributed by atoms with Crippen molar-refractivity contribution < 1.29 is 4.74 Å². The molecule has 3 N–H and O–H groups in total. The number of aromatic nitrogens is 1. The molecule has 1 aromatic rings. The monoisotopic (exact) mass is 211 g/mol. The summed E-state index contributed by atoms with van der Waals surface area (Å²) in [5.41, 5.74) is 4.55. The number of nitrogens with zero attached hydrogens (tertiary/aromatic N) is 1. The van der Waals surface area contributed by atoms with Crippen molar-refractivity contribution in [2.45, 2.75) is 18.9 Å². The molecule has 0 aliphatic carbocycles. The molecule has 1 aliphatic rings. The minimum atomic E-state index is -0.0391. The number of nitrogens with one attached hydrogen (secondary N) is 1. The number of ether oxygens (including phenoxy) is 1. The second-order valence-electron chi connectivity index (χ2n) is 3.10. The zero-order valence-electron chi connectivity index (χ0n) is 7.77. The molecule has 1 unspecified atom stereocenters. The van der Waals surface area contributed by atoms with Gasteiger partial charge in [0.15, 0.2) is 0 Å². The van der Waals surface area contributed by atoms with Crippen molar-refractivity contribution in [2.24, 2.45) is 5.84 Å². The SMILES string of the molecule is NNC(C1=CCCCO1)c1cncs1. The summed E-state index contributed by atoms with van der Waals surface area (Å²) >= 11 is 1.57. The number of hydrazine groups is 1. The second-order valence-corrected chi connectivity index (χ2v) is 4.02. The van der Waals surface area contributed by atoms with Gasteiger partial charge in [-0.1, -0.05) is 0 Å². The predicted molar refractivity (Wildman–Crippen MR) is 55.4 cm³/mol. The lowest BCUT2D eigenvalue weighted by Gasteiger charge is -2.21. The van der Waals surface area contributed by atoms with Gasteiger partial charge in [-0.15, -0.1) is 11.3 Å². The fraction of sp³-hybridized carbons (Fsp3) is 0.444. The van der Waals surface area contributed by atoms with E-state index in [1.165, 1.54) is 0 Å². The van der Waals surface area contributed by atoms with E-state index in [2.05, 4.69) is 16.5 Å². The van der Waals surface area contributed by atoms with E-state index in [1.54, 1.807) is 16.8 Å². The summed E-state index contributed by atoms with van der Waals surface area (Å²) in [6.45, 7) is 0.781. The maximum Gasteiger partial charge on any atom is 0.116 e. The molecule has 0 amide bonds. The third kappa shape index (κ3) is 1.95. The molecular weight excluding hydrogens is 198 g/mol. The van der Waals surface area contributed by atoms with E-state index in [0.29, 0.717) is 0 Å². The maximum absolute atomic E-state index is 5.55. The number of hydrogen-bond donors (Lipinski definition) is 2. The topological polar surface area (TPSA) is 60.2 Å². The molecule has 5 heteroatoms. The van der Waals surface area contributed by atoms with Crippen LogP contribution in [0.4, 0.5) is 0 Å². The Hall–Kier alpha value is -0.910. The standard InChI is InChI=1S/C9H13N3OS/c10-12-9(8-5-11-6-14-8)7-3-1-2-4-13-7/h3,5-6,9,12H,1-2,4,10H2. The highest BCUT2D eigenvalue weighted by molar-refractivity contribution is 7.09. The van der Waals surface area contributed by atoms with E-state index in [9.17, 15) is 0 Å². The van der Waals surface area contributed by atoms with Gasteiger partial charge in [-0.2, -0.15) is 0 Å². The fourth-order valence-corrected chi connectivity index (χ4v) is 2.14. The number of nitrogens with two attached hydrogens (primary N) is 1. The Bertz CT molecular complexity index is 310. The van der Waals surface area contributed by atoms with Crippen molar-refractivity contribution in [3.8, 4) is 0 Å². The van der Waals surface area contributed by atoms with E-state index >= 15 is 0 Å². The fourth-order valence-electron chi connectivity index (χ4n) is 1.45. The van der Waals surface area contributed by atoms with Gasteiger partial charge in [-0.3, -0.25) is 10.8 Å². The molecule has 14 heavy (non-hydrogen) atoms. The summed E-state index contributed by atoms with van der Waals surface area (Å²) in [6.07, 6.45) is 6.05. The summed E-state index contributed by atoms with van der Waals surface area (Å²) in [7, 11) is 0. The summed E-state index contributed by atoms with van der Waals surface area (Å²) in [6, 6.07) is -0.0391. The van der Waals surface area contributed by atoms with Crippen LogP contribution < -0.4 is 11.3 Å². The van der Waals surface area contributed by atoms with Crippen molar-refractivity contribution in [3.05, 3.63) is 28.4 Å². The largest absolute Gasteiger partial charge is 0.496 e. The van der Waals surface area contributed by atoms with Crippen LogP contribution in [0.25, 0.3) is 0 Å². The lowest BCUT2D eigenvalue weighted by molar-refractivity contribution is 0.168. The Labute approximate surface area is 86.8 Å². The molecule has 0 aromatic carbocycles. The van der Waals surface area contributed by atoms with Crippen LogP contribution in [0.1, 0.15) is 23.8 Å². The van der Waals surface area contributed by atoms with E-state index < -0.39 is 0 Å². The minimum absolute atomic E-state index is 0.0391. The average molecular weight is 211 g/mol. The smallest absolute Gasteiger partial charge is 0.116 e. The van der Waals surface area contributed by atoms with Gasteiger partial charge in [0.05, 0.1) is 17.0 Å². The van der Waals surface area contributed by atoms with E-state index in [-0.39, 0.29) is 6.04 Å². The average Bonchev–Trinajstić information content (AvgIpc) is 2.74. The Kier molecular flexibility index (Phi) is 3.13. The van der Waals surface area contributed by atoms with E-state index in [4.69, 9.17) is 10.6 Å². The highest BCUT2D eigenvalue weighted by Gasteiger charge is 2.19. The van der Waals surface area contributed by atoms with Gasteiger partial charge >= 0.3 is 0 Å². The van der Waals surface area contributed by atoms with Crippen molar-refractivity contribution in [2.75, 3.05) is 6.61 Å².